The highest BCUT2D eigenvalue weighted by atomic mass is 16.5. The fourth-order valence-corrected chi connectivity index (χ4v) is 1.22. The second-order valence-corrected chi connectivity index (χ2v) is 3.29. The van der Waals surface area contributed by atoms with E-state index in [1.54, 1.807) is 6.07 Å². The summed E-state index contributed by atoms with van der Waals surface area (Å²) in [6.07, 6.45) is 0.967. The van der Waals surface area contributed by atoms with Crippen molar-refractivity contribution in [2.24, 2.45) is 0 Å². The molecule has 0 spiro atoms. The molecule has 2 nitrogen and oxygen atoms in total. The molecule has 0 radical (unpaired) electrons. The summed E-state index contributed by atoms with van der Waals surface area (Å²) >= 11 is 0. The second-order valence-electron chi connectivity index (χ2n) is 3.29. The van der Waals surface area contributed by atoms with E-state index in [2.05, 4.69) is 0 Å². The minimum atomic E-state index is 0.0959. The molecule has 1 aromatic rings. The van der Waals surface area contributed by atoms with E-state index in [9.17, 15) is 5.11 Å². The molecule has 0 aromatic heterocycles. The number of aryl methyl sites for hydroxylation is 1. The number of phenols is 1. The number of rotatable bonds is 3. The van der Waals surface area contributed by atoms with Gasteiger partial charge in [-0.15, -0.1) is 0 Å². The molecular weight excluding hydrogens is 164 g/mol. The smallest absolute Gasteiger partial charge is 0.164 e. The van der Waals surface area contributed by atoms with Gasteiger partial charge in [0.05, 0.1) is 6.10 Å². The standard InChI is InChI=1S/C11H16O2/c1-4-9-6-5-7-10(12)11(9)13-8(2)3/h5-8,12H,4H2,1-3H3. The fraction of sp³-hybridized carbons (Fsp3) is 0.455. The Kier molecular flexibility index (Phi) is 3.18. The van der Waals surface area contributed by atoms with Gasteiger partial charge >= 0.3 is 0 Å². The van der Waals surface area contributed by atoms with Crippen LogP contribution in [0.25, 0.3) is 0 Å². The number of para-hydroxylation sites is 1. The van der Waals surface area contributed by atoms with Gasteiger partial charge in [0.1, 0.15) is 0 Å². The highest BCUT2D eigenvalue weighted by molar-refractivity contribution is 5.45. The van der Waals surface area contributed by atoms with E-state index >= 15 is 0 Å². The van der Waals surface area contributed by atoms with Gasteiger partial charge in [-0.2, -0.15) is 0 Å². The summed E-state index contributed by atoms with van der Waals surface area (Å²) in [6.45, 7) is 5.94. The van der Waals surface area contributed by atoms with Crippen LogP contribution in [0.4, 0.5) is 0 Å². The van der Waals surface area contributed by atoms with Gasteiger partial charge in [-0.1, -0.05) is 19.1 Å². The van der Waals surface area contributed by atoms with E-state index in [-0.39, 0.29) is 11.9 Å². The van der Waals surface area contributed by atoms with Crippen LogP contribution < -0.4 is 4.74 Å². The van der Waals surface area contributed by atoms with Gasteiger partial charge in [-0.3, -0.25) is 0 Å². The first-order valence-corrected chi connectivity index (χ1v) is 4.62. The second kappa shape index (κ2) is 4.17. The zero-order valence-corrected chi connectivity index (χ0v) is 8.37. The molecule has 0 aliphatic carbocycles. The molecule has 0 aliphatic heterocycles. The maximum Gasteiger partial charge on any atom is 0.164 e. The molecule has 72 valence electrons. The molecule has 1 aromatic carbocycles. The first kappa shape index (κ1) is 9.90. The van der Waals surface area contributed by atoms with Gasteiger partial charge in [-0.25, -0.2) is 0 Å². The normalized spacial score (nSPS) is 10.5. The molecule has 0 bridgehead atoms. The third kappa shape index (κ3) is 2.38. The first-order chi connectivity index (χ1) is 6.15. The van der Waals surface area contributed by atoms with Gasteiger partial charge in [0.25, 0.3) is 0 Å². The van der Waals surface area contributed by atoms with Crippen LogP contribution in [0.2, 0.25) is 0 Å². The van der Waals surface area contributed by atoms with Crippen LogP contribution in [0, 0.1) is 0 Å². The van der Waals surface area contributed by atoms with Crippen molar-refractivity contribution in [1.29, 1.82) is 0 Å². The highest BCUT2D eigenvalue weighted by Crippen LogP contribution is 2.30. The van der Waals surface area contributed by atoms with Crippen LogP contribution in [-0.4, -0.2) is 11.2 Å². The van der Waals surface area contributed by atoms with Crippen LogP contribution in [0.5, 0.6) is 11.5 Å². The summed E-state index contributed by atoms with van der Waals surface area (Å²) in [6, 6.07) is 5.45. The Hall–Kier alpha value is -1.18. The van der Waals surface area contributed by atoms with Crippen molar-refractivity contribution in [2.75, 3.05) is 0 Å². The lowest BCUT2D eigenvalue weighted by atomic mass is 10.1. The molecule has 0 unspecified atom stereocenters. The molecule has 0 aliphatic rings. The van der Waals surface area contributed by atoms with E-state index in [0.29, 0.717) is 5.75 Å². The molecule has 1 rings (SSSR count). The largest absolute Gasteiger partial charge is 0.504 e. The van der Waals surface area contributed by atoms with Crippen LogP contribution >= 0.6 is 0 Å². The van der Waals surface area contributed by atoms with Crippen LogP contribution in [0.3, 0.4) is 0 Å². The SMILES string of the molecule is CCc1cccc(O)c1OC(C)C. The summed E-state index contributed by atoms with van der Waals surface area (Å²) in [5.74, 6) is 0.855. The maximum absolute atomic E-state index is 9.55. The van der Waals surface area contributed by atoms with E-state index < -0.39 is 0 Å². The summed E-state index contributed by atoms with van der Waals surface area (Å²) in [5.41, 5.74) is 1.05. The lowest BCUT2D eigenvalue weighted by Crippen LogP contribution is -2.07. The maximum atomic E-state index is 9.55. The molecule has 0 saturated carbocycles. The average molecular weight is 180 g/mol. The van der Waals surface area contributed by atoms with E-state index in [1.807, 2.05) is 32.9 Å². The number of phenolic OH excluding ortho intramolecular Hbond substituents is 1. The minimum Gasteiger partial charge on any atom is -0.504 e. The Bertz CT molecular complexity index is 279. The Balaban J connectivity index is 3.00. The molecule has 0 atom stereocenters. The van der Waals surface area contributed by atoms with Crippen molar-refractivity contribution in [1.82, 2.24) is 0 Å². The molecule has 0 heterocycles. The Morgan fingerprint density at radius 3 is 2.62 bits per heavy atom. The number of hydrogen-bond donors (Lipinski definition) is 1. The van der Waals surface area contributed by atoms with Crippen molar-refractivity contribution >= 4 is 0 Å². The summed E-state index contributed by atoms with van der Waals surface area (Å²) in [7, 11) is 0. The van der Waals surface area contributed by atoms with Crippen LogP contribution in [0.1, 0.15) is 26.3 Å². The molecule has 0 amide bonds. The number of hydrogen-bond acceptors (Lipinski definition) is 2. The van der Waals surface area contributed by atoms with Gasteiger partial charge in [0.15, 0.2) is 11.5 Å². The van der Waals surface area contributed by atoms with Gasteiger partial charge in [0, 0.05) is 0 Å². The highest BCUT2D eigenvalue weighted by Gasteiger charge is 2.08. The average Bonchev–Trinajstić information content (AvgIpc) is 2.08. The molecule has 0 fully saturated rings. The predicted octanol–water partition coefficient (Wildman–Crippen LogP) is 2.74. The van der Waals surface area contributed by atoms with Crippen LogP contribution in [0.15, 0.2) is 18.2 Å². The minimum absolute atomic E-state index is 0.0959. The molecular formula is C11H16O2. The third-order valence-corrected chi connectivity index (χ3v) is 1.81. The van der Waals surface area contributed by atoms with Gasteiger partial charge in [-0.05, 0) is 31.9 Å². The molecule has 0 saturated heterocycles. The third-order valence-electron chi connectivity index (χ3n) is 1.81. The lowest BCUT2D eigenvalue weighted by Gasteiger charge is -2.14. The van der Waals surface area contributed by atoms with E-state index in [4.69, 9.17) is 4.74 Å². The van der Waals surface area contributed by atoms with Crippen molar-refractivity contribution in [2.45, 2.75) is 33.3 Å². The zero-order valence-electron chi connectivity index (χ0n) is 8.37. The fourth-order valence-electron chi connectivity index (χ4n) is 1.22. The summed E-state index contributed by atoms with van der Waals surface area (Å²) in [4.78, 5) is 0. The van der Waals surface area contributed by atoms with E-state index in [0.717, 1.165) is 12.0 Å². The predicted molar refractivity (Wildman–Crippen MR) is 53.2 cm³/mol. The molecule has 2 heteroatoms. The Morgan fingerprint density at radius 2 is 2.08 bits per heavy atom. The lowest BCUT2D eigenvalue weighted by molar-refractivity contribution is 0.229. The molecule has 13 heavy (non-hydrogen) atoms. The number of ether oxygens (including phenoxy) is 1. The first-order valence-electron chi connectivity index (χ1n) is 4.62. The van der Waals surface area contributed by atoms with Gasteiger partial charge < -0.3 is 9.84 Å². The monoisotopic (exact) mass is 180 g/mol. The van der Waals surface area contributed by atoms with Crippen molar-refractivity contribution in [3.05, 3.63) is 23.8 Å². The summed E-state index contributed by atoms with van der Waals surface area (Å²) < 4.78 is 5.52. The van der Waals surface area contributed by atoms with Gasteiger partial charge in [0.2, 0.25) is 0 Å². The quantitative estimate of drug-likeness (QED) is 0.775. The Labute approximate surface area is 79.2 Å². The summed E-state index contributed by atoms with van der Waals surface area (Å²) in [5, 5.41) is 9.55. The van der Waals surface area contributed by atoms with Crippen LogP contribution in [-0.2, 0) is 6.42 Å². The van der Waals surface area contributed by atoms with E-state index in [1.165, 1.54) is 0 Å². The van der Waals surface area contributed by atoms with Crippen molar-refractivity contribution < 1.29 is 9.84 Å². The number of aromatic hydroxyl groups is 1. The van der Waals surface area contributed by atoms with Crippen molar-refractivity contribution in [3.8, 4) is 11.5 Å². The molecule has 1 N–H and O–H groups in total. The zero-order chi connectivity index (χ0) is 9.84. The Morgan fingerprint density at radius 1 is 1.38 bits per heavy atom. The topological polar surface area (TPSA) is 29.5 Å². The number of benzene rings is 1. The van der Waals surface area contributed by atoms with Crippen molar-refractivity contribution in [3.63, 3.8) is 0 Å².